The molecule has 0 aliphatic rings. The molecule has 4 nitrogen and oxygen atoms in total. The Morgan fingerprint density at radius 1 is 1.25 bits per heavy atom. The van der Waals surface area contributed by atoms with Crippen molar-refractivity contribution in [1.29, 1.82) is 0 Å². The van der Waals surface area contributed by atoms with E-state index in [-0.39, 0.29) is 24.4 Å². The molecule has 0 saturated carbocycles. The van der Waals surface area contributed by atoms with Crippen LogP contribution in [0.5, 0.6) is 0 Å². The maximum atomic E-state index is 11.7. The zero-order valence-corrected chi connectivity index (χ0v) is 11.1. The quantitative estimate of drug-likeness (QED) is 0.803. The topological polar surface area (TPSA) is 57.6 Å². The fourth-order valence-electron chi connectivity index (χ4n) is 1.28. The number of sulfonamides is 1. The second-order valence-electron chi connectivity index (χ2n) is 3.26. The molecule has 0 heterocycles. The lowest BCUT2D eigenvalue weighted by Crippen LogP contribution is -2.33. The zero-order valence-electron chi connectivity index (χ0n) is 8.71. The van der Waals surface area contributed by atoms with Gasteiger partial charge in [0.15, 0.2) is 0 Å². The van der Waals surface area contributed by atoms with Gasteiger partial charge in [0.05, 0.1) is 6.61 Å². The van der Waals surface area contributed by atoms with Gasteiger partial charge in [-0.2, -0.15) is 4.31 Å². The minimum Gasteiger partial charge on any atom is -0.395 e. The molecule has 0 unspecified atom stereocenters. The lowest BCUT2D eigenvalue weighted by Gasteiger charge is -2.19. The number of hydrogen-bond acceptors (Lipinski definition) is 3. The summed E-state index contributed by atoms with van der Waals surface area (Å²) in [6, 6.07) is 9.29. The number of aliphatic hydroxyl groups excluding tert-OH is 1. The molecule has 0 amide bonds. The van der Waals surface area contributed by atoms with E-state index in [0.717, 1.165) is 5.56 Å². The molecule has 0 radical (unpaired) electrons. The highest BCUT2D eigenvalue weighted by molar-refractivity contribution is 9.10. The first-order valence-corrected chi connectivity index (χ1v) is 7.52. The summed E-state index contributed by atoms with van der Waals surface area (Å²) in [6.45, 7) is 0.219. The van der Waals surface area contributed by atoms with E-state index in [0.29, 0.717) is 0 Å². The van der Waals surface area contributed by atoms with E-state index < -0.39 is 10.0 Å². The molecule has 0 bridgehead atoms. The van der Waals surface area contributed by atoms with E-state index in [1.165, 1.54) is 4.31 Å². The predicted molar refractivity (Wildman–Crippen MR) is 66.7 cm³/mol. The maximum absolute atomic E-state index is 11.7. The summed E-state index contributed by atoms with van der Waals surface area (Å²) in [5.74, 6) is 0. The molecule has 0 atom stereocenters. The van der Waals surface area contributed by atoms with Gasteiger partial charge in [0, 0.05) is 13.1 Å². The lowest BCUT2D eigenvalue weighted by molar-refractivity contribution is 0.251. The van der Waals surface area contributed by atoms with E-state index in [1.807, 2.05) is 30.3 Å². The van der Waals surface area contributed by atoms with Crippen molar-refractivity contribution in [3.05, 3.63) is 35.9 Å². The van der Waals surface area contributed by atoms with Gasteiger partial charge in [-0.25, -0.2) is 8.42 Å². The predicted octanol–water partition coefficient (Wildman–Crippen LogP) is 1.16. The van der Waals surface area contributed by atoms with Crippen LogP contribution < -0.4 is 0 Å². The Bertz CT molecular complexity index is 407. The molecule has 90 valence electrons. The first-order chi connectivity index (χ1) is 7.60. The van der Waals surface area contributed by atoms with Crippen LogP contribution in [0.25, 0.3) is 0 Å². The second-order valence-corrected chi connectivity index (χ2v) is 6.54. The normalized spacial score (nSPS) is 11.9. The van der Waals surface area contributed by atoms with Crippen molar-refractivity contribution >= 4 is 26.0 Å². The highest BCUT2D eigenvalue weighted by Crippen LogP contribution is 2.10. The smallest absolute Gasteiger partial charge is 0.224 e. The summed E-state index contributed by atoms with van der Waals surface area (Å²) in [5, 5.41) is 8.85. The molecule has 0 aliphatic heterocycles. The van der Waals surface area contributed by atoms with Gasteiger partial charge in [-0.15, -0.1) is 0 Å². The minimum atomic E-state index is -3.33. The molecular weight excluding hydrogens is 294 g/mol. The Morgan fingerprint density at radius 3 is 2.38 bits per heavy atom. The van der Waals surface area contributed by atoms with Crippen LogP contribution in [0, 0.1) is 0 Å². The number of hydrogen-bond donors (Lipinski definition) is 1. The lowest BCUT2D eigenvalue weighted by atomic mass is 10.2. The van der Waals surface area contributed by atoms with Gasteiger partial charge >= 0.3 is 0 Å². The number of alkyl halides is 1. The SMILES string of the molecule is O=S(=O)(CBr)N(CCO)Cc1ccccc1. The standard InChI is InChI=1S/C10H14BrNO3S/c11-9-16(14,15)12(6-7-13)8-10-4-2-1-3-5-10/h1-5,13H,6-9H2. The van der Waals surface area contributed by atoms with Crippen LogP contribution in [0.15, 0.2) is 30.3 Å². The van der Waals surface area contributed by atoms with Gasteiger partial charge in [0.1, 0.15) is 4.66 Å². The third kappa shape index (κ3) is 3.86. The number of rotatable bonds is 6. The number of aliphatic hydroxyl groups is 1. The summed E-state index contributed by atoms with van der Waals surface area (Å²) in [5.41, 5.74) is 0.903. The molecule has 1 N–H and O–H groups in total. The Labute approximate surface area is 104 Å². The fourth-order valence-corrected chi connectivity index (χ4v) is 3.00. The summed E-state index contributed by atoms with van der Waals surface area (Å²) in [7, 11) is -3.33. The van der Waals surface area contributed by atoms with Crippen molar-refractivity contribution in [1.82, 2.24) is 4.31 Å². The van der Waals surface area contributed by atoms with E-state index in [4.69, 9.17) is 5.11 Å². The number of benzene rings is 1. The van der Waals surface area contributed by atoms with Gasteiger partial charge < -0.3 is 5.11 Å². The van der Waals surface area contributed by atoms with Crippen LogP contribution >= 0.6 is 15.9 Å². The molecule has 1 rings (SSSR count). The first-order valence-electron chi connectivity index (χ1n) is 4.78. The highest BCUT2D eigenvalue weighted by Gasteiger charge is 2.19. The van der Waals surface area contributed by atoms with Crippen LogP contribution in [-0.4, -0.2) is 35.6 Å². The van der Waals surface area contributed by atoms with Crippen molar-refractivity contribution in [2.75, 3.05) is 17.8 Å². The molecule has 6 heteroatoms. The zero-order chi connectivity index (χ0) is 12.0. The third-order valence-electron chi connectivity index (χ3n) is 2.08. The Morgan fingerprint density at radius 2 is 1.88 bits per heavy atom. The van der Waals surface area contributed by atoms with Gasteiger partial charge in [-0.3, -0.25) is 0 Å². The van der Waals surface area contributed by atoms with E-state index in [9.17, 15) is 8.42 Å². The molecular formula is C10H14BrNO3S. The van der Waals surface area contributed by atoms with Crippen LogP contribution in [0.2, 0.25) is 0 Å². The van der Waals surface area contributed by atoms with Gasteiger partial charge in [0.25, 0.3) is 0 Å². The Kier molecular flexibility index (Phi) is 5.40. The molecule has 1 aromatic rings. The molecule has 0 fully saturated rings. The van der Waals surface area contributed by atoms with Crippen molar-refractivity contribution in [3.63, 3.8) is 0 Å². The van der Waals surface area contributed by atoms with Crippen LogP contribution in [0.1, 0.15) is 5.56 Å². The van der Waals surface area contributed by atoms with Gasteiger partial charge in [0.2, 0.25) is 10.0 Å². The van der Waals surface area contributed by atoms with Crippen molar-refractivity contribution in [2.45, 2.75) is 6.54 Å². The third-order valence-corrected chi connectivity index (χ3v) is 5.19. The molecule has 16 heavy (non-hydrogen) atoms. The molecule has 0 spiro atoms. The fraction of sp³-hybridized carbons (Fsp3) is 0.400. The molecule has 1 aromatic carbocycles. The number of nitrogens with zero attached hydrogens (tertiary/aromatic N) is 1. The maximum Gasteiger partial charge on any atom is 0.224 e. The number of halogens is 1. The average Bonchev–Trinajstić information content (AvgIpc) is 2.30. The summed E-state index contributed by atoms with van der Waals surface area (Å²) in [4.78, 5) is 0. The average molecular weight is 308 g/mol. The van der Waals surface area contributed by atoms with Gasteiger partial charge in [-0.1, -0.05) is 46.3 Å². The van der Waals surface area contributed by atoms with Crippen molar-refractivity contribution < 1.29 is 13.5 Å². The van der Waals surface area contributed by atoms with E-state index in [2.05, 4.69) is 15.9 Å². The van der Waals surface area contributed by atoms with Crippen LogP contribution in [0.4, 0.5) is 0 Å². The van der Waals surface area contributed by atoms with Gasteiger partial charge in [-0.05, 0) is 5.56 Å². The molecule has 0 aliphatic carbocycles. The Balaban J connectivity index is 2.81. The van der Waals surface area contributed by atoms with Crippen molar-refractivity contribution in [2.24, 2.45) is 0 Å². The second kappa shape index (κ2) is 6.34. The molecule has 0 aromatic heterocycles. The molecule has 0 saturated heterocycles. The monoisotopic (exact) mass is 307 g/mol. The Hall–Kier alpha value is -0.430. The highest BCUT2D eigenvalue weighted by atomic mass is 79.9. The van der Waals surface area contributed by atoms with E-state index in [1.54, 1.807) is 0 Å². The summed E-state index contributed by atoms with van der Waals surface area (Å²) >= 11 is 2.94. The largest absolute Gasteiger partial charge is 0.395 e. The van der Waals surface area contributed by atoms with Crippen LogP contribution in [0.3, 0.4) is 0 Å². The van der Waals surface area contributed by atoms with Crippen LogP contribution in [-0.2, 0) is 16.6 Å². The summed E-state index contributed by atoms with van der Waals surface area (Å²) in [6.07, 6.45) is 0. The first kappa shape index (κ1) is 13.6. The summed E-state index contributed by atoms with van der Waals surface area (Å²) < 4.78 is 24.5. The van der Waals surface area contributed by atoms with E-state index >= 15 is 0 Å². The van der Waals surface area contributed by atoms with Crippen molar-refractivity contribution in [3.8, 4) is 0 Å². The minimum absolute atomic E-state index is 0.114.